The number of aryl methyl sites for hydroxylation is 2. The maximum atomic E-state index is 6.13. The van der Waals surface area contributed by atoms with Gasteiger partial charge in [0.15, 0.2) is 5.15 Å². The number of benzene rings is 1. The van der Waals surface area contributed by atoms with Crippen LogP contribution in [0.25, 0.3) is 0 Å². The Kier molecular flexibility index (Phi) is 4.50. The molecule has 0 spiro atoms. The Morgan fingerprint density at radius 2 is 1.95 bits per heavy atom. The number of aromatic nitrogens is 1. The monoisotopic (exact) mass is 290 g/mol. The van der Waals surface area contributed by atoms with E-state index in [4.69, 9.17) is 16.3 Å². The molecule has 1 unspecified atom stereocenters. The predicted octanol–water partition coefficient (Wildman–Crippen LogP) is 4.53. The molecular weight excluding hydrogens is 272 g/mol. The lowest BCUT2D eigenvalue weighted by molar-refractivity contribution is 0.408. The van der Waals surface area contributed by atoms with Crippen LogP contribution in [0, 0.1) is 13.8 Å². The standard InChI is InChI=1S/C16H19ClN2O/c1-10-5-6-15(20-4)13(7-10)12(3)19-14-8-11(2)9-18-16(14)17/h5-9,12,19H,1-4H3. The molecule has 20 heavy (non-hydrogen) atoms. The molecule has 0 radical (unpaired) electrons. The van der Waals surface area contributed by atoms with E-state index in [9.17, 15) is 0 Å². The molecule has 1 aromatic carbocycles. The van der Waals surface area contributed by atoms with E-state index in [0.717, 1.165) is 22.6 Å². The topological polar surface area (TPSA) is 34.1 Å². The molecule has 0 bridgehead atoms. The van der Waals surface area contributed by atoms with Crippen LogP contribution in [0.1, 0.15) is 29.7 Å². The number of hydrogen-bond acceptors (Lipinski definition) is 3. The Bertz CT molecular complexity index is 613. The minimum atomic E-state index is 0.0750. The van der Waals surface area contributed by atoms with Crippen molar-refractivity contribution in [1.29, 1.82) is 0 Å². The number of nitrogens with one attached hydrogen (secondary N) is 1. The van der Waals surface area contributed by atoms with Gasteiger partial charge in [-0.15, -0.1) is 0 Å². The summed E-state index contributed by atoms with van der Waals surface area (Å²) in [5, 5.41) is 3.88. The lowest BCUT2D eigenvalue weighted by atomic mass is 10.0. The maximum absolute atomic E-state index is 6.13. The van der Waals surface area contributed by atoms with Gasteiger partial charge < -0.3 is 10.1 Å². The second kappa shape index (κ2) is 6.14. The van der Waals surface area contributed by atoms with Crippen LogP contribution in [0.15, 0.2) is 30.5 Å². The highest BCUT2D eigenvalue weighted by Crippen LogP contribution is 2.30. The van der Waals surface area contributed by atoms with Crippen molar-refractivity contribution in [3.63, 3.8) is 0 Å². The third-order valence-electron chi connectivity index (χ3n) is 3.20. The van der Waals surface area contributed by atoms with Crippen LogP contribution in [0.5, 0.6) is 5.75 Å². The molecule has 1 heterocycles. The summed E-state index contributed by atoms with van der Waals surface area (Å²) in [5.74, 6) is 0.868. The fourth-order valence-electron chi connectivity index (χ4n) is 2.16. The first kappa shape index (κ1) is 14.7. The summed E-state index contributed by atoms with van der Waals surface area (Å²) in [5.41, 5.74) is 4.20. The highest BCUT2D eigenvalue weighted by molar-refractivity contribution is 6.32. The van der Waals surface area contributed by atoms with E-state index >= 15 is 0 Å². The zero-order valence-electron chi connectivity index (χ0n) is 12.2. The average molecular weight is 291 g/mol. The van der Waals surface area contributed by atoms with E-state index in [0.29, 0.717) is 5.15 Å². The van der Waals surface area contributed by atoms with Crippen molar-refractivity contribution < 1.29 is 4.74 Å². The Labute approximate surface area is 124 Å². The van der Waals surface area contributed by atoms with E-state index in [1.165, 1.54) is 5.56 Å². The number of halogens is 1. The van der Waals surface area contributed by atoms with Crippen LogP contribution in [0.4, 0.5) is 5.69 Å². The molecule has 0 aliphatic rings. The van der Waals surface area contributed by atoms with Crippen molar-refractivity contribution >= 4 is 17.3 Å². The summed E-state index contributed by atoms with van der Waals surface area (Å²) >= 11 is 6.13. The van der Waals surface area contributed by atoms with Crippen molar-refractivity contribution in [3.8, 4) is 5.75 Å². The molecule has 4 heteroatoms. The molecule has 2 aromatic rings. The summed E-state index contributed by atoms with van der Waals surface area (Å²) in [4.78, 5) is 4.16. The van der Waals surface area contributed by atoms with Crippen LogP contribution in [0.3, 0.4) is 0 Å². The van der Waals surface area contributed by atoms with Gasteiger partial charge in [0.25, 0.3) is 0 Å². The fraction of sp³-hybridized carbons (Fsp3) is 0.312. The molecule has 0 aliphatic carbocycles. The van der Waals surface area contributed by atoms with Gasteiger partial charge >= 0.3 is 0 Å². The molecule has 0 amide bonds. The number of anilines is 1. The van der Waals surface area contributed by atoms with Crippen molar-refractivity contribution in [2.75, 3.05) is 12.4 Å². The van der Waals surface area contributed by atoms with Crippen molar-refractivity contribution in [1.82, 2.24) is 4.98 Å². The fourth-order valence-corrected chi connectivity index (χ4v) is 2.31. The number of nitrogens with zero attached hydrogens (tertiary/aromatic N) is 1. The third-order valence-corrected chi connectivity index (χ3v) is 3.50. The van der Waals surface area contributed by atoms with Gasteiger partial charge in [-0.2, -0.15) is 0 Å². The van der Waals surface area contributed by atoms with Gasteiger partial charge in [0, 0.05) is 11.8 Å². The van der Waals surface area contributed by atoms with Crippen LogP contribution >= 0.6 is 11.6 Å². The lowest BCUT2D eigenvalue weighted by Gasteiger charge is -2.19. The Morgan fingerprint density at radius 1 is 1.20 bits per heavy atom. The lowest BCUT2D eigenvalue weighted by Crippen LogP contribution is -2.09. The highest BCUT2D eigenvalue weighted by Gasteiger charge is 2.13. The first-order valence-corrected chi connectivity index (χ1v) is 6.92. The molecule has 2 rings (SSSR count). The maximum Gasteiger partial charge on any atom is 0.152 e. The molecule has 0 aliphatic heterocycles. The van der Waals surface area contributed by atoms with Gasteiger partial charge in [-0.05, 0) is 38.5 Å². The SMILES string of the molecule is COc1ccc(C)cc1C(C)Nc1cc(C)cnc1Cl. The van der Waals surface area contributed by atoms with Gasteiger partial charge in [-0.25, -0.2) is 4.98 Å². The molecule has 0 fully saturated rings. The van der Waals surface area contributed by atoms with E-state index in [-0.39, 0.29) is 6.04 Å². The first-order valence-electron chi connectivity index (χ1n) is 6.54. The van der Waals surface area contributed by atoms with Gasteiger partial charge in [0.2, 0.25) is 0 Å². The molecule has 0 saturated heterocycles. The molecule has 1 aromatic heterocycles. The van der Waals surface area contributed by atoms with Crippen LogP contribution in [-0.2, 0) is 0 Å². The first-order chi connectivity index (χ1) is 9.51. The molecule has 1 atom stereocenters. The van der Waals surface area contributed by atoms with Crippen LogP contribution in [0.2, 0.25) is 5.15 Å². The summed E-state index contributed by atoms with van der Waals surface area (Å²) in [6.45, 7) is 6.14. The highest BCUT2D eigenvalue weighted by atomic mass is 35.5. The Hall–Kier alpha value is -1.74. The van der Waals surface area contributed by atoms with E-state index in [1.807, 2.05) is 25.1 Å². The number of rotatable bonds is 4. The van der Waals surface area contributed by atoms with Crippen molar-refractivity contribution in [2.45, 2.75) is 26.8 Å². The number of ether oxygens (including phenoxy) is 1. The van der Waals surface area contributed by atoms with E-state index in [1.54, 1.807) is 13.3 Å². The summed E-state index contributed by atoms with van der Waals surface area (Å²) in [6.07, 6.45) is 1.76. The predicted molar refractivity (Wildman–Crippen MR) is 83.8 cm³/mol. The van der Waals surface area contributed by atoms with Gasteiger partial charge in [0.05, 0.1) is 18.8 Å². The summed E-state index contributed by atoms with van der Waals surface area (Å²) in [6, 6.07) is 8.21. The zero-order valence-corrected chi connectivity index (χ0v) is 13.0. The largest absolute Gasteiger partial charge is 0.496 e. The molecular formula is C16H19ClN2O. The van der Waals surface area contributed by atoms with E-state index in [2.05, 4.69) is 30.2 Å². The Morgan fingerprint density at radius 3 is 2.65 bits per heavy atom. The van der Waals surface area contributed by atoms with Crippen LogP contribution in [-0.4, -0.2) is 12.1 Å². The molecule has 106 valence electrons. The minimum absolute atomic E-state index is 0.0750. The molecule has 1 N–H and O–H groups in total. The Balaban J connectivity index is 2.30. The second-order valence-electron chi connectivity index (χ2n) is 4.96. The van der Waals surface area contributed by atoms with Gasteiger partial charge in [-0.3, -0.25) is 0 Å². The minimum Gasteiger partial charge on any atom is -0.496 e. The number of methoxy groups -OCH3 is 1. The zero-order chi connectivity index (χ0) is 14.7. The number of pyridine rings is 1. The van der Waals surface area contributed by atoms with E-state index < -0.39 is 0 Å². The quantitative estimate of drug-likeness (QED) is 0.840. The molecule has 0 saturated carbocycles. The van der Waals surface area contributed by atoms with Gasteiger partial charge in [-0.1, -0.05) is 29.3 Å². The van der Waals surface area contributed by atoms with Crippen molar-refractivity contribution in [3.05, 3.63) is 52.3 Å². The number of hydrogen-bond donors (Lipinski definition) is 1. The molecule has 3 nitrogen and oxygen atoms in total. The smallest absolute Gasteiger partial charge is 0.152 e. The summed E-state index contributed by atoms with van der Waals surface area (Å²) in [7, 11) is 1.68. The summed E-state index contributed by atoms with van der Waals surface area (Å²) < 4.78 is 5.42. The second-order valence-corrected chi connectivity index (χ2v) is 5.32. The average Bonchev–Trinajstić information content (AvgIpc) is 2.42. The van der Waals surface area contributed by atoms with Crippen LogP contribution < -0.4 is 10.1 Å². The normalized spacial score (nSPS) is 12.1. The van der Waals surface area contributed by atoms with Gasteiger partial charge in [0.1, 0.15) is 5.75 Å². The third kappa shape index (κ3) is 3.23. The van der Waals surface area contributed by atoms with Crippen molar-refractivity contribution in [2.24, 2.45) is 0 Å².